The molecule has 2 aromatic heterocycles. The van der Waals surface area contributed by atoms with Crippen molar-refractivity contribution in [2.75, 3.05) is 20.2 Å². The van der Waals surface area contributed by atoms with E-state index in [2.05, 4.69) is 15.0 Å². The quantitative estimate of drug-likeness (QED) is 0.613. The lowest BCUT2D eigenvalue weighted by Gasteiger charge is -2.18. The molecule has 9 heteroatoms. The highest BCUT2D eigenvalue weighted by Crippen LogP contribution is 2.29. The number of nitrogens with zero attached hydrogens (tertiary/aromatic N) is 4. The van der Waals surface area contributed by atoms with E-state index in [1.165, 1.54) is 4.31 Å². The molecule has 1 atom stereocenters. The van der Waals surface area contributed by atoms with Crippen LogP contribution in [0.3, 0.4) is 0 Å². The van der Waals surface area contributed by atoms with Crippen molar-refractivity contribution in [3.05, 3.63) is 61.2 Å². The van der Waals surface area contributed by atoms with Crippen LogP contribution in [0.25, 0.3) is 11.3 Å². The van der Waals surface area contributed by atoms with Gasteiger partial charge < -0.3 is 9.47 Å². The molecule has 1 aromatic carbocycles. The van der Waals surface area contributed by atoms with Crippen LogP contribution in [-0.4, -0.2) is 54.0 Å². The van der Waals surface area contributed by atoms with Gasteiger partial charge in [0.1, 0.15) is 17.5 Å². The maximum Gasteiger partial charge on any atom is 0.243 e. The van der Waals surface area contributed by atoms with Crippen molar-refractivity contribution in [2.45, 2.75) is 17.4 Å². The molecule has 3 aromatic rings. The lowest BCUT2D eigenvalue weighted by Crippen LogP contribution is -2.31. The minimum absolute atomic E-state index is 0.232. The van der Waals surface area contributed by atoms with Gasteiger partial charge in [0.2, 0.25) is 15.9 Å². The third-order valence-electron chi connectivity index (χ3n) is 4.70. The molecule has 0 spiro atoms. The van der Waals surface area contributed by atoms with Crippen molar-refractivity contribution in [2.24, 2.45) is 0 Å². The molecule has 1 fully saturated rings. The van der Waals surface area contributed by atoms with Gasteiger partial charge >= 0.3 is 0 Å². The van der Waals surface area contributed by atoms with Gasteiger partial charge in [0.05, 0.1) is 18.6 Å². The maximum atomic E-state index is 12.9. The van der Waals surface area contributed by atoms with Gasteiger partial charge in [0.25, 0.3) is 0 Å². The second-order valence-electron chi connectivity index (χ2n) is 6.51. The Morgan fingerprint density at radius 3 is 2.45 bits per heavy atom. The van der Waals surface area contributed by atoms with Gasteiger partial charge in [0, 0.05) is 36.9 Å². The second kappa shape index (κ2) is 8.14. The molecule has 1 aliphatic rings. The van der Waals surface area contributed by atoms with Crippen LogP contribution < -0.4 is 9.47 Å². The zero-order chi connectivity index (χ0) is 20.3. The van der Waals surface area contributed by atoms with Gasteiger partial charge in [0.15, 0.2) is 0 Å². The molecule has 0 bridgehead atoms. The molecule has 150 valence electrons. The van der Waals surface area contributed by atoms with E-state index in [-0.39, 0.29) is 17.5 Å². The Bertz CT molecular complexity index is 1080. The zero-order valence-corrected chi connectivity index (χ0v) is 16.6. The number of aromatic nitrogens is 3. The van der Waals surface area contributed by atoms with Crippen molar-refractivity contribution in [1.82, 2.24) is 19.3 Å². The average molecular weight is 412 g/mol. The van der Waals surface area contributed by atoms with Crippen molar-refractivity contribution >= 4 is 10.0 Å². The average Bonchev–Trinajstić information content (AvgIpc) is 3.24. The molecule has 0 radical (unpaired) electrons. The van der Waals surface area contributed by atoms with Gasteiger partial charge in [-0.3, -0.25) is 4.98 Å². The zero-order valence-electron chi connectivity index (χ0n) is 15.8. The molecule has 0 amide bonds. The summed E-state index contributed by atoms with van der Waals surface area (Å²) in [6, 6.07) is 10.0. The van der Waals surface area contributed by atoms with Crippen molar-refractivity contribution in [3.8, 4) is 22.9 Å². The van der Waals surface area contributed by atoms with E-state index < -0.39 is 10.0 Å². The minimum atomic E-state index is -3.60. The molecular weight excluding hydrogens is 392 g/mol. The summed E-state index contributed by atoms with van der Waals surface area (Å²) in [6.45, 7) is 0.630. The number of pyridine rings is 1. The summed E-state index contributed by atoms with van der Waals surface area (Å²) in [7, 11) is -2.06. The molecule has 0 saturated carbocycles. The van der Waals surface area contributed by atoms with Crippen LogP contribution in [-0.2, 0) is 10.0 Å². The monoisotopic (exact) mass is 412 g/mol. The summed E-state index contributed by atoms with van der Waals surface area (Å²) in [5.74, 6) is 0.991. The highest BCUT2D eigenvalue weighted by atomic mass is 32.2. The Kier molecular flexibility index (Phi) is 5.41. The van der Waals surface area contributed by atoms with E-state index in [0.717, 1.165) is 5.56 Å². The van der Waals surface area contributed by atoms with Crippen LogP contribution in [0, 0.1) is 0 Å². The number of methoxy groups -OCH3 is 1. The molecule has 3 heterocycles. The van der Waals surface area contributed by atoms with Crippen LogP contribution in [0.1, 0.15) is 6.42 Å². The summed E-state index contributed by atoms with van der Waals surface area (Å²) in [4.78, 5) is 12.9. The fourth-order valence-electron chi connectivity index (χ4n) is 3.19. The van der Waals surface area contributed by atoms with Crippen molar-refractivity contribution < 1.29 is 17.9 Å². The number of sulfonamides is 1. The summed E-state index contributed by atoms with van der Waals surface area (Å²) >= 11 is 0. The van der Waals surface area contributed by atoms with E-state index in [4.69, 9.17) is 9.47 Å². The van der Waals surface area contributed by atoms with E-state index in [0.29, 0.717) is 30.3 Å². The lowest BCUT2D eigenvalue weighted by atomic mass is 10.2. The Morgan fingerprint density at radius 1 is 1.00 bits per heavy atom. The van der Waals surface area contributed by atoms with E-state index >= 15 is 0 Å². The van der Waals surface area contributed by atoms with Crippen LogP contribution in [0.5, 0.6) is 11.6 Å². The first-order valence-electron chi connectivity index (χ1n) is 9.10. The number of hydrogen-bond acceptors (Lipinski definition) is 7. The topological polar surface area (TPSA) is 94.5 Å². The molecular formula is C20H20N4O4S. The first-order chi connectivity index (χ1) is 14.1. The number of hydrogen-bond donors (Lipinski definition) is 0. The van der Waals surface area contributed by atoms with Crippen LogP contribution in [0.15, 0.2) is 66.1 Å². The molecule has 4 rings (SSSR count). The van der Waals surface area contributed by atoms with E-state index in [1.54, 1.807) is 56.2 Å². The van der Waals surface area contributed by atoms with Gasteiger partial charge in [-0.15, -0.1) is 0 Å². The number of ether oxygens (including phenoxy) is 2. The highest BCUT2D eigenvalue weighted by molar-refractivity contribution is 7.89. The first kappa shape index (κ1) is 19.3. The Morgan fingerprint density at radius 2 is 1.72 bits per heavy atom. The predicted octanol–water partition coefficient (Wildman–Crippen LogP) is 2.39. The predicted molar refractivity (Wildman–Crippen MR) is 106 cm³/mol. The Balaban J connectivity index is 1.50. The summed E-state index contributed by atoms with van der Waals surface area (Å²) in [6.07, 6.45) is 6.76. The normalized spacial score (nSPS) is 17.2. The summed E-state index contributed by atoms with van der Waals surface area (Å²) in [5.41, 5.74) is 1.44. The minimum Gasteiger partial charge on any atom is -0.497 e. The van der Waals surface area contributed by atoms with E-state index in [9.17, 15) is 8.42 Å². The molecule has 1 aliphatic heterocycles. The second-order valence-corrected chi connectivity index (χ2v) is 8.45. The summed E-state index contributed by atoms with van der Waals surface area (Å²) < 4.78 is 38.4. The number of benzene rings is 1. The lowest BCUT2D eigenvalue weighted by molar-refractivity contribution is 0.207. The van der Waals surface area contributed by atoms with Crippen LogP contribution in [0.4, 0.5) is 0 Å². The molecule has 8 nitrogen and oxygen atoms in total. The van der Waals surface area contributed by atoms with Gasteiger partial charge in [-0.05, 0) is 42.8 Å². The third kappa shape index (κ3) is 4.06. The molecule has 0 aliphatic carbocycles. The fourth-order valence-corrected chi connectivity index (χ4v) is 4.67. The van der Waals surface area contributed by atoms with Gasteiger partial charge in [-0.1, -0.05) is 0 Å². The van der Waals surface area contributed by atoms with Gasteiger partial charge in [-0.2, -0.15) is 4.31 Å². The van der Waals surface area contributed by atoms with Crippen molar-refractivity contribution in [1.29, 1.82) is 0 Å². The maximum absolute atomic E-state index is 12.9. The highest BCUT2D eigenvalue weighted by Gasteiger charge is 2.34. The van der Waals surface area contributed by atoms with Gasteiger partial charge in [-0.25, -0.2) is 18.4 Å². The number of rotatable bonds is 6. The van der Waals surface area contributed by atoms with E-state index in [1.807, 2.05) is 12.1 Å². The van der Waals surface area contributed by atoms with Crippen molar-refractivity contribution in [3.63, 3.8) is 0 Å². The molecule has 0 N–H and O–H groups in total. The van der Waals surface area contributed by atoms with Crippen LogP contribution >= 0.6 is 0 Å². The fraction of sp³-hybridized carbons (Fsp3) is 0.250. The Labute approximate surface area is 169 Å². The SMILES string of the molecule is COc1ccc(S(=O)(=O)N2CCC(Oc3nccnc3-c3ccncc3)C2)cc1. The van der Waals surface area contributed by atoms with Crippen LogP contribution in [0.2, 0.25) is 0 Å². The third-order valence-corrected chi connectivity index (χ3v) is 6.58. The smallest absolute Gasteiger partial charge is 0.243 e. The Hall–Kier alpha value is -3.04. The first-order valence-corrected chi connectivity index (χ1v) is 10.5. The molecule has 1 saturated heterocycles. The summed E-state index contributed by atoms with van der Waals surface area (Å²) in [5, 5.41) is 0. The standard InChI is InChI=1S/C20H20N4O4S/c1-27-16-2-4-18(5-3-16)29(25,26)24-13-8-17(14-24)28-20-19(22-11-12-23-20)15-6-9-21-10-7-15/h2-7,9-12,17H,8,13-14H2,1H3. The molecule has 29 heavy (non-hydrogen) atoms. The molecule has 1 unspecified atom stereocenters. The largest absolute Gasteiger partial charge is 0.497 e.